The summed E-state index contributed by atoms with van der Waals surface area (Å²) in [6, 6.07) is 3.03. The molecule has 54 valence electrons. The maximum atomic E-state index is 10.4. The van der Waals surface area contributed by atoms with Crippen molar-refractivity contribution in [1.82, 2.24) is 0 Å². The van der Waals surface area contributed by atoms with Crippen LogP contribution in [0.2, 0.25) is 0 Å². The van der Waals surface area contributed by atoms with Crippen LogP contribution in [0.3, 0.4) is 0 Å². The van der Waals surface area contributed by atoms with Crippen molar-refractivity contribution in [3.63, 3.8) is 0 Å². The fourth-order valence-corrected chi connectivity index (χ4v) is 1.90. The van der Waals surface area contributed by atoms with E-state index in [9.17, 15) is 4.21 Å². The molecule has 0 aromatic carbocycles. The topological polar surface area (TPSA) is 57.5 Å². The molecule has 0 fully saturated rings. The molecular weight excluding hydrogens is 183 g/mol. The molecule has 0 aliphatic heterocycles. The van der Waals surface area contributed by atoms with Crippen LogP contribution >= 0.6 is 11.3 Å². The summed E-state index contributed by atoms with van der Waals surface area (Å²) in [6.45, 7) is 0. The van der Waals surface area contributed by atoms with Gasteiger partial charge >= 0.3 is 29.6 Å². The Balaban J connectivity index is 0.000000810. The van der Waals surface area contributed by atoms with Crippen molar-refractivity contribution in [2.75, 3.05) is 0 Å². The molecule has 0 radical (unpaired) electrons. The average molecular weight is 190 g/mol. The second-order valence-corrected chi connectivity index (χ2v) is 4.32. The summed E-state index contributed by atoms with van der Waals surface area (Å²) in [5, 5.41) is 1.63. The summed E-state index contributed by atoms with van der Waals surface area (Å²) >= 11 is 1.07. The number of thiophene rings is 1. The SMILES string of the molecule is O=[SH](O)(O)c1cccs1.[NaH]. The fourth-order valence-electron chi connectivity index (χ4n) is 0.436. The van der Waals surface area contributed by atoms with Gasteiger partial charge in [0.2, 0.25) is 0 Å². The minimum absolute atomic E-state index is 0. The summed E-state index contributed by atoms with van der Waals surface area (Å²) in [5.74, 6) is 0. The molecule has 0 bridgehead atoms. The Bertz CT molecular complexity index is 227. The first-order valence-corrected chi connectivity index (χ1v) is 4.69. The zero-order valence-corrected chi connectivity index (χ0v) is 6.10. The molecule has 0 aliphatic rings. The van der Waals surface area contributed by atoms with E-state index in [1.165, 1.54) is 6.07 Å². The Hall–Kier alpha value is 0.770. The van der Waals surface area contributed by atoms with Gasteiger partial charge in [0, 0.05) is 0 Å². The molecule has 0 atom stereocenters. The third kappa shape index (κ3) is 2.79. The Morgan fingerprint density at radius 3 is 2.30 bits per heavy atom. The molecule has 1 rings (SSSR count). The summed E-state index contributed by atoms with van der Waals surface area (Å²) in [6.07, 6.45) is 0. The number of rotatable bonds is 1. The van der Waals surface area contributed by atoms with Crippen LogP contribution < -0.4 is 0 Å². The molecule has 0 saturated carbocycles. The van der Waals surface area contributed by atoms with Crippen LogP contribution in [-0.2, 0) is 10.5 Å². The van der Waals surface area contributed by atoms with E-state index in [4.69, 9.17) is 9.11 Å². The molecule has 0 aliphatic carbocycles. The zero-order chi connectivity index (χ0) is 6.91. The molecule has 0 spiro atoms. The van der Waals surface area contributed by atoms with Gasteiger partial charge in [-0.15, -0.1) is 11.3 Å². The quantitative estimate of drug-likeness (QED) is 0.444. The first-order chi connectivity index (χ1) is 4.11. The molecular formula is C4H7NaO3S2. The van der Waals surface area contributed by atoms with Crippen LogP contribution in [0, 0.1) is 0 Å². The van der Waals surface area contributed by atoms with E-state index < -0.39 is 10.5 Å². The van der Waals surface area contributed by atoms with Crippen LogP contribution in [0.25, 0.3) is 0 Å². The van der Waals surface area contributed by atoms with Crippen LogP contribution in [0.15, 0.2) is 21.7 Å². The Labute approximate surface area is 85.8 Å². The van der Waals surface area contributed by atoms with Crippen molar-refractivity contribution >= 4 is 51.4 Å². The van der Waals surface area contributed by atoms with Gasteiger partial charge in [-0.1, -0.05) is 6.07 Å². The second kappa shape index (κ2) is 3.96. The van der Waals surface area contributed by atoms with E-state index in [1.807, 2.05) is 0 Å². The average Bonchev–Trinajstić information content (AvgIpc) is 2.08. The number of hydrogen-bond acceptors (Lipinski definition) is 2. The molecule has 1 aromatic rings. The molecule has 10 heavy (non-hydrogen) atoms. The number of hydrogen-bond donors (Lipinski definition) is 3. The Morgan fingerprint density at radius 1 is 1.50 bits per heavy atom. The van der Waals surface area contributed by atoms with Gasteiger partial charge in [-0.05, 0) is 11.4 Å². The molecule has 1 heterocycles. The fraction of sp³-hybridized carbons (Fsp3) is 0. The van der Waals surface area contributed by atoms with Gasteiger partial charge in [0.1, 0.15) is 14.7 Å². The van der Waals surface area contributed by atoms with Crippen molar-refractivity contribution in [3.8, 4) is 0 Å². The van der Waals surface area contributed by atoms with Gasteiger partial charge in [-0.3, -0.25) is 0 Å². The summed E-state index contributed by atoms with van der Waals surface area (Å²) in [5.41, 5.74) is 0. The molecule has 3 nitrogen and oxygen atoms in total. The van der Waals surface area contributed by atoms with Gasteiger partial charge in [0.05, 0.1) is 0 Å². The standard InChI is InChI=1S/C4H6O3S2.Na.H/c5-9(6,7)4-2-1-3-8-4;;/h1-3,9H,(H2,5,6,7);;. The van der Waals surface area contributed by atoms with Crippen LogP contribution in [-0.4, -0.2) is 42.9 Å². The monoisotopic (exact) mass is 190 g/mol. The second-order valence-electron chi connectivity index (χ2n) is 1.50. The number of thiol groups is 1. The molecule has 1 aromatic heterocycles. The van der Waals surface area contributed by atoms with E-state index in [0.29, 0.717) is 0 Å². The van der Waals surface area contributed by atoms with Crippen LogP contribution in [0.1, 0.15) is 0 Å². The van der Waals surface area contributed by atoms with Gasteiger partial charge in [-0.2, -0.15) is 0 Å². The van der Waals surface area contributed by atoms with Crippen LogP contribution in [0.5, 0.6) is 0 Å². The maximum absolute atomic E-state index is 10.4. The molecule has 0 amide bonds. The van der Waals surface area contributed by atoms with Crippen molar-refractivity contribution in [3.05, 3.63) is 17.5 Å². The van der Waals surface area contributed by atoms with Crippen LogP contribution in [0.4, 0.5) is 0 Å². The predicted molar refractivity (Wildman–Crippen MR) is 44.5 cm³/mol. The minimum atomic E-state index is -3.95. The van der Waals surface area contributed by atoms with Gasteiger partial charge in [0.25, 0.3) is 0 Å². The van der Waals surface area contributed by atoms with E-state index in [2.05, 4.69) is 0 Å². The molecule has 0 saturated heterocycles. The predicted octanol–water partition coefficient (Wildman–Crippen LogP) is 0.421. The van der Waals surface area contributed by atoms with E-state index in [1.54, 1.807) is 11.4 Å². The molecule has 2 N–H and O–H groups in total. The van der Waals surface area contributed by atoms with Crippen molar-refractivity contribution in [2.24, 2.45) is 0 Å². The summed E-state index contributed by atoms with van der Waals surface area (Å²) < 4.78 is 27.5. The summed E-state index contributed by atoms with van der Waals surface area (Å²) in [4.78, 5) is 0. The van der Waals surface area contributed by atoms with Gasteiger partial charge in [-0.25, -0.2) is 4.21 Å². The first kappa shape index (κ1) is 10.8. The van der Waals surface area contributed by atoms with E-state index in [-0.39, 0.29) is 33.8 Å². The first-order valence-electron chi connectivity index (χ1n) is 2.20. The third-order valence-electron chi connectivity index (χ3n) is 0.793. The summed E-state index contributed by atoms with van der Waals surface area (Å²) in [7, 11) is -3.95. The Morgan fingerprint density at radius 2 is 2.10 bits per heavy atom. The van der Waals surface area contributed by atoms with Crippen molar-refractivity contribution in [2.45, 2.75) is 4.21 Å². The van der Waals surface area contributed by atoms with Crippen molar-refractivity contribution in [1.29, 1.82) is 0 Å². The van der Waals surface area contributed by atoms with Gasteiger partial charge in [0.15, 0.2) is 0 Å². The third-order valence-corrected chi connectivity index (χ3v) is 3.22. The normalized spacial score (nSPS) is 12.2. The molecule has 0 unspecified atom stereocenters. The molecule has 6 heteroatoms. The zero-order valence-electron chi connectivity index (χ0n) is 4.39. The van der Waals surface area contributed by atoms with Crippen molar-refractivity contribution < 1.29 is 13.3 Å². The van der Waals surface area contributed by atoms with E-state index >= 15 is 0 Å². The Kier molecular flexibility index (Phi) is 4.27. The van der Waals surface area contributed by atoms with Gasteiger partial charge < -0.3 is 9.11 Å². The van der Waals surface area contributed by atoms with E-state index in [0.717, 1.165) is 11.3 Å².